The van der Waals surface area contributed by atoms with Crippen LogP contribution in [0.2, 0.25) is 0 Å². The monoisotopic (exact) mass is 311 g/mol. The predicted octanol–water partition coefficient (Wildman–Crippen LogP) is 2.83. The van der Waals surface area contributed by atoms with E-state index in [2.05, 4.69) is 5.32 Å². The van der Waals surface area contributed by atoms with E-state index in [1.54, 1.807) is 0 Å². The summed E-state index contributed by atoms with van der Waals surface area (Å²) in [5, 5.41) is 11.8. The summed E-state index contributed by atoms with van der Waals surface area (Å²) in [7, 11) is 0. The topological polar surface area (TPSA) is 66.4 Å². The third-order valence-electron chi connectivity index (χ3n) is 4.12. The zero-order valence-electron chi connectivity index (χ0n) is 12.5. The molecule has 0 aromatic heterocycles. The van der Waals surface area contributed by atoms with E-state index in [0.29, 0.717) is 19.3 Å². The first kappa shape index (κ1) is 16.4. The Morgan fingerprint density at radius 2 is 1.95 bits per heavy atom. The van der Waals surface area contributed by atoms with Gasteiger partial charge in [-0.25, -0.2) is 13.6 Å². The summed E-state index contributed by atoms with van der Waals surface area (Å²) in [6, 6.07) is 3.59. The molecule has 1 amide bonds. The van der Waals surface area contributed by atoms with Crippen LogP contribution in [-0.4, -0.2) is 22.5 Å². The number of carbonyl (C=O) groups is 2. The van der Waals surface area contributed by atoms with Gasteiger partial charge in [0.25, 0.3) is 0 Å². The SMILES string of the molecule is CCCC(C)(NC(=O)C1CC1c1c(F)cccc1F)C(=O)O. The molecule has 1 saturated carbocycles. The highest BCUT2D eigenvalue weighted by atomic mass is 19.1. The van der Waals surface area contributed by atoms with Crippen LogP contribution in [0.4, 0.5) is 8.78 Å². The van der Waals surface area contributed by atoms with E-state index >= 15 is 0 Å². The minimum absolute atomic E-state index is 0.0878. The second-order valence-corrected chi connectivity index (χ2v) is 5.96. The lowest BCUT2D eigenvalue weighted by Crippen LogP contribution is -2.52. The number of halogens is 2. The van der Waals surface area contributed by atoms with Crippen LogP contribution in [0, 0.1) is 17.6 Å². The third-order valence-corrected chi connectivity index (χ3v) is 4.12. The number of benzene rings is 1. The maximum Gasteiger partial charge on any atom is 0.329 e. The summed E-state index contributed by atoms with van der Waals surface area (Å²) < 4.78 is 27.4. The summed E-state index contributed by atoms with van der Waals surface area (Å²) >= 11 is 0. The van der Waals surface area contributed by atoms with Crippen molar-refractivity contribution in [2.24, 2.45) is 5.92 Å². The van der Waals surface area contributed by atoms with Crippen molar-refractivity contribution in [1.29, 1.82) is 0 Å². The lowest BCUT2D eigenvalue weighted by Gasteiger charge is -2.25. The molecule has 6 heteroatoms. The Morgan fingerprint density at radius 3 is 2.45 bits per heavy atom. The first-order valence-corrected chi connectivity index (χ1v) is 7.29. The highest BCUT2D eigenvalue weighted by molar-refractivity contribution is 5.89. The van der Waals surface area contributed by atoms with Gasteiger partial charge >= 0.3 is 5.97 Å². The smallest absolute Gasteiger partial charge is 0.329 e. The van der Waals surface area contributed by atoms with Gasteiger partial charge in [-0.2, -0.15) is 0 Å². The number of amides is 1. The van der Waals surface area contributed by atoms with Crippen molar-refractivity contribution >= 4 is 11.9 Å². The molecular formula is C16H19F2NO3. The van der Waals surface area contributed by atoms with Crippen LogP contribution in [0.15, 0.2) is 18.2 Å². The summed E-state index contributed by atoms with van der Waals surface area (Å²) in [5.74, 6) is -4.03. The molecule has 0 bridgehead atoms. The fourth-order valence-electron chi connectivity index (χ4n) is 2.76. The van der Waals surface area contributed by atoms with Crippen LogP contribution >= 0.6 is 0 Å². The lowest BCUT2D eigenvalue weighted by atomic mass is 9.95. The molecule has 3 atom stereocenters. The van der Waals surface area contributed by atoms with E-state index in [9.17, 15) is 23.5 Å². The van der Waals surface area contributed by atoms with Gasteiger partial charge in [-0.1, -0.05) is 19.4 Å². The zero-order valence-corrected chi connectivity index (χ0v) is 12.5. The van der Waals surface area contributed by atoms with Crippen LogP contribution in [0.5, 0.6) is 0 Å². The first-order valence-electron chi connectivity index (χ1n) is 7.29. The maximum atomic E-state index is 13.7. The molecule has 22 heavy (non-hydrogen) atoms. The fraction of sp³-hybridized carbons (Fsp3) is 0.500. The van der Waals surface area contributed by atoms with Gasteiger partial charge in [0.2, 0.25) is 5.91 Å². The molecule has 4 nitrogen and oxygen atoms in total. The molecule has 0 spiro atoms. The largest absolute Gasteiger partial charge is 0.480 e. The zero-order chi connectivity index (χ0) is 16.5. The minimum atomic E-state index is -1.35. The number of carbonyl (C=O) groups excluding carboxylic acids is 1. The molecule has 3 unspecified atom stereocenters. The van der Waals surface area contributed by atoms with E-state index in [-0.39, 0.29) is 5.56 Å². The predicted molar refractivity (Wildman–Crippen MR) is 76.3 cm³/mol. The molecule has 0 heterocycles. The molecule has 1 aliphatic rings. The minimum Gasteiger partial charge on any atom is -0.480 e. The summed E-state index contributed by atoms with van der Waals surface area (Å²) in [4.78, 5) is 23.5. The van der Waals surface area contributed by atoms with Crippen LogP contribution in [0.25, 0.3) is 0 Å². The van der Waals surface area contributed by atoms with Gasteiger partial charge in [-0.3, -0.25) is 4.79 Å². The van der Waals surface area contributed by atoms with Gasteiger partial charge in [0.15, 0.2) is 0 Å². The molecule has 0 aliphatic heterocycles. The van der Waals surface area contributed by atoms with Crippen LogP contribution < -0.4 is 5.32 Å². The van der Waals surface area contributed by atoms with Crippen molar-refractivity contribution in [3.63, 3.8) is 0 Å². The molecule has 2 N–H and O–H groups in total. The lowest BCUT2D eigenvalue weighted by molar-refractivity contribution is -0.147. The van der Waals surface area contributed by atoms with E-state index in [1.807, 2.05) is 6.92 Å². The Morgan fingerprint density at radius 1 is 1.36 bits per heavy atom. The van der Waals surface area contributed by atoms with E-state index in [0.717, 1.165) is 12.1 Å². The molecule has 0 saturated heterocycles. The average molecular weight is 311 g/mol. The average Bonchev–Trinajstić information content (AvgIpc) is 3.18. The van der Waals surface area contributed by atoms with Gasteiger partial charge in [-0.15, -0.1) is 0 Å². The number of nitrogens with one attached hydrogen (secondary N) is 1. The van der Waals surface area contributed by atoms with Gasteiger partial charge in [0.1, 0.15) is 17.2 Å². The number of rotatable bonds is 6. The van der Waals surface area contributed by atoms with Crippen molar-refractivity contribution in [2.45, 2.75) is 44.6 Å². The molecule has 1 fully saturated rings. The number of hydrogen-bond donors (Lipinski definition) is 2. The molecule has 1 aromatic carbocycles. The normalized spacial score (nSPS) is 22.7. The maximum absolute atomic E-state index is 13.7. The summed E-state index contributed by atoms with van der Waals surface area (Å²) in [5.41, 5.74) is -1.44. The van der Waals surface area contributed by atoms with Gasteiger partial charge < -0.3 is 10.4 Å². The molecule has 0 radical (unpaired) electrons. The van der Waals surface area contributed by atoms with Crippen molar-refractivity contribution in [2.75, 3.05) is 0 Å². The standard InChI is InChI=1S/C16H19F2NO3/c1-3-7-16(2,15(21)22)19-14(20)10-8-9(10)13-11(17)5-4-6-12(13)18/h4-6,9-10H,3,7-8H2,1-2H3,(H,19,20)(H,21,22). The third kappa shape index (κ3) is 3.10. The van der Waals surface area contributed by atoms with Crippen LogP contribution in [-0.2, 0) is 9.59 Å². The second-order valence-electron chi connectivity index (χ2n) is 5.96. The number of carboxylic acid groups (broad SMARTS) is 1. The second kappa shape index (κ2) is 6.02. The molecule has 1 aliphatic carbocycles. The number of hydrogen-bond acceptors (Lipinski definition) is 2. The Balaban J connectivity index is 2.09. The van der Waals surface area contributed by atoms with Crippen molar-refractivity contribution in [3.8, 4) is 0 Å². The van der Waals surface area contributed by atoms with Crippen molar-refractivity contribution < 1.29 is 23.5 Å². The molecule has 120 valence electrons. The Bertz CT molecular complexity index is 585. The Labute approximate surface area is 127 Å². The Kier molecular flexibility index (Phi) is 4.49. The number of aliphatic carboxylic acids is 1. The number of carboxylic acids is 1. The highest BCUT2D eigenvalue weighted by Gasteiger charge is 2.48. The fourth-order valence-corrected chi connectivity index (χ4v) is 2.76. The van der Waals surface area contributed by atoms with E-state index in [4.69, 9.17) is 0 Å². The van der Waals surface area contributed by atoms with E-state index in [1.165, 1.54) is 13.0 Å². The molecule has 1 aromatic rings. The first-order chi connectivity index (χ1) is 10.3. The quantitative estimate of drug-likeness (QED) is 0.849. The molecule has 2 rings (SSSR count). The van der Waals surface area contributed by atoms with Crippen molar-refractivity contribution in [1.82, 2.24) is 5.32 Å². The van der Waals surface area contributed by atoms with Gasteiger partial charge in [-0.05, 0) is 31.9 Å². The van der Waals surface area contributed by atoms with Crippen LogP contribution in [0.1, 0.15) is 44.6 Å². The molecular weight excluding hydrogens is 292 g/mol. The van der Waals surface area contributed by atoms with Crippen LogP contribution in [0.3, 0.4) is 0 Å². The van der Waals surface area contributed by atoms with Crippen molar-refractivity contribution in [3.05, 3.63) is 35.4 Å². The van der Waals surface area contributed by atoms with Gasteiger partial charge in [0.05, 0.1) is 0 Å². The highest BCUT2D eigenvalue weighted by Crippen LogP contribution is 2.49. The Hall–Kier alpha value is -1.98. The summed E-state index contributed by atoms with van der Waals surface area (Å²) in [6.45, 7) is 3.26. The van der Waals surface area contributed by atoms with Gasteiger partial charge in [0, 0.05) is 17.4 Å². The van der Waals surface area contributed by atoms with E-state index < -0.39 is 40.9 Å². The summed E-state index contributed by atoms with van der Waals surface area (Å²) in [6.07, 6.45) is 1.21.